The Balaban J connectivity index is 1.48. The van der Waals surface area contributed by atoms with Gasteiger partial charge in [0.25, 0.3) is 5.91 Å². The van der Waals surface area contributed by atoms with Crippen molar-refractivity contribution in [1.29, 1.82) is 0 Å². The van der Waals surface area contributed by atoms with Crippen LogP contribution in [-0.2, 0) is 11.4 Å². The molecule has 9 nitrogen and oxygen atoms in total. The molecule has 1 aliphatic heterocycles. The number of aromatic amines is 1. The van der Waals surface area contributed by atoms with Crippen LogP contribution in [0.5, 0.6) is 17.2 Å². The lowest BCUT2D eigenvalue weighted by molar-refractivity contribution is -0.231. The van der Waals surface area contributed by atoms with E-state index in [1.165, 1.54) is 7.11 Å². The van der Waals surface area contributed by atoms with Gasteiger partial charge in [-0.1, -0.05) is 27.7 Å². The number of aromatic nitrogens is 3. The van der Waals surface area contributed by atoms with E-state index in [1.54, 1.807) is 25.3 Å². The fraction of sp³-hybridized carbons (Fsp3) is 0.667. The van der Waals surface area contributed by atoms with Gasteiger partial charge in [0.05, 0.1) is 20.3 Å². The molecule has 2 heterocycles. The number of carbonyl (C=O) groups is 1. The normalized spacial score (nSPS) is 22.2. The summed E-state index contributed by atoms with van der Waals surface area (Å²) in [6.07, 6.45) is 1.38. The van der Waals surface area contributed by atoms with Gasteiger partial charge < -0.3 is 29.2 Å². The highest BCUT2D eigenvalue weighted by Gasteiger charge is 2.65. The van der Waals surface area contributed by atoms with E-state index in [4.69, 9.17) is 14.2 Å². The molecule has 1 unspecified atom stereocenters. The van der Waals surface area contributed by atoms with Gasteiger partial charge in [0.15, 0.2) is 23.1 Å². The van der Waals surface area contributed by atoms with Gasteiger partial charge in [0.1, 0.15) is 18.0 Å². The summed E-state index contributed by atoms with van der Waals surface area (Å²) in [6.45, 7) is 7.64. The lowest BCUT2D eigenvalue weighted by Crippen LogP contribution is -2.62. The highest BCUT2D eigenvalue weighted by molar-refractivity contribution is 5.85. The predicted molar refractivity (Wildman–Crippen MR) is 135 cm³/mol. The van der Waals surface area contributed by atoms with Crippen LogP contribution in [0.15, 0.2) is 18.2 Å². The Bertz CT molecular complexity index is 1150. The fourth-order valence-corrected chi connectivity index (χ4v) is 6.55. The molecule has 1 saturated carbocycles. The first-order valence-corrected chi connectivity index (χ1v) is 12.9. The Morgan fingerprint density at radius 1 is 1.11 bits per heavy atom. The molecule has 2 aromatic rings. The monoisotopic (exact) mass is 536 g/mol. The molecule has 38 heavy (non-hydrogen) atoms. The van der Waals surface area contributed by atoms with Crippen LogP contribution in [0.25, 0.3) is 0 Å². The van der Waals surface area contributed by atoms with Crippen molar-refractivity contribution in [2.45, 2.75) is 84.0 Å². The van der Waals surface area contributed by atoms with E-state index in [2.05, 4.69) is 15.2 Å². The molecule has 1 aromatic carbocycles. The molecule has 1 aromatic heterocycles. The van der Waals surface area contributed by atoms with E-state index in [-0.39, 0.29) is 26.0 Å². The van der Waals surface area contributed by atoms with Gasteiger partial charge in [-0.05, 0) is 55.1 Å². The SMILES string of the molecule is COc1ccc(OCc2nnc(C3CCCN3C(=O)C(F)(F)C3(O)CC(C)(C)CC(C)(C)C3)[nH]2)cc1OC. The first-order chi connectivity index (χ1) is 17.7. The maximum atomic E-state index is 15.8. The van der Waals surface area contributed by atoms with E-state index < -0.39 is 34.3 Å². The van der Waals surface area contributed by atoms with Gasteiger partial charge >= 0.3 is 5.92 Å². The summed E-state index contributed by atoms with van der Waals surface area (Å²) in [5.41, 5.74) is -3.49. The zero-order valence-corrected chi connectivity index (χ0v) is 22.9. The van der Waals surface area contributed by atoms with Gasteiger partial charge in [-0.15, -0.1) is 10.2 Å². The van der Waals surface area contributed by atoms with E-state index in [0.717, 1.165) is 4.90 Å². The number of rotatable bonds is 8. The van der Waals surface area contributed by atoms with E-state index in [9.17, 15) is 9.90 Å². The Morgan fingerprint density at radius 3 is 2.39 bits per heavy atom. The number of hydrogen-bond donors (Lipinski definition) is 2. The van der Waals surface area contributed by atoms with E-state index >= 15 is 8.78 Å². The van der Waals surface area contributed by atoms with Crippen molar-refractivity contribution < 1.29 is 32.9 Å². The van der Waals surface area contributed by atoms with Crippen LogP contribution in [0.1, 0.15) is 77.5 Å². The highest BCUT2D eigenvalue weighted by atomic mass is 19.3. The quantitative estimate of drug-likeness (QED) is 0.505. The van der Waals surface area contributed by atoms with Gasteiger partial charge in [-0.25, -0.2) is 0 Å². The lowest BCUT2D eigenvalue weighted by atomic mass is 9.58. The van der Waals surface area contributed by atoms with Crippen molar-refractivity contribution in [3.8, 4) is 17.2 Å². The maximum Gasteiger partial charge on any atom is 0.352 e. The third kappa shape index (κ3) is 5.43. The summed E-state index contributed by atoms with van der Waals surface area (Å²) in [6, 6.07) is 4.42. The van der Waals surface area contributed by atoms with Crippen molar-refractivity contribution in [3.63, 3.8) is 0 Å². The number of hydrogen-bond acceptors (Lipinski definition) is 7. The molecule has 1 aliphatic carbocycles. The van der Waals surface area contributed by atoms with Gasteiger partial charge in [0.2, 0.25) is 0 Å². The molecule has 1 atom stereocenters. The van der Waals surface area contributed by atoms with Crippen molar-refractivity contribution in [1.82, 2.24) is 20.1 Å². The van der Waals surface area contributed by atoms with Crippen LogP contribution in [0.2, 0.25) is 0 Å². The smallest absolute Gasteiger partial charge is 0.352 e. The molecule has 11 heteroatoms. The zero-order chi connectivity index (χ0) is 27.9. The van der Waals surface area contributed by atoms with Crippen LogP contribution < -0.4 is 14.2 Å². The standard InChI is InChI=1S/C27H38F2N4O5/c1-24(2)14-25(3,4)16-26(35,15-24)27(28,29)23(34)33-11-7-8-18(33)22-30-21(31-32-22)13-38-17-9-10-19(36-5)20(12-17)37-6/h9-10,12,18,35H,7-8,11,13-16H2,1-6H3,(H,30,31,32). The Kier molecular flexibility index (Phi) is 7.37. The molecular weight excluding hydrogens is 498 g/mol. The molecule has 0 spiro atoms. The number of likely N-dealkylation sites (tertiary alicyclic amines) is 1. The number of alkyl halides is 2. The van der Waals surface area contributed by atoms with E-state index in [0.29, 0.717) is 48.2 Å². The first-order valence-electron chi connectivity index (χ1n) is 12.9. The topological polar surface area (TPSA) is 110 Å². The van der Waals surface area contributed by atoms with Gasteiger partial charge in [0, 0.05) is 12.6 Å². The number of carbonyl (C=O) groups excluding carboxylic acids is 1. The number of aliphatic hydroxyl groups is 1. The molecule has 2 N–H and O–H groups in total. The van der Waals surface area contributed by atoms with Crippen LogP contribution in [0, 0.1) is 10.8 Å². The molecule has 2 aliphatic rings. The number of halogens is 2. The van der Waals surface area contributed by atoms with Crippen LogP contribution in [0.4, 0.5) is 8.78 Å². The molecule has 210 valence electrons. The molecule has 1 amide bonds. The first kappa shape index (κ1) is 28.1. The fourth-order valence-electron chi connectivity index (χ4n) is 6.55. The number of amides is 1. The second kappa shape index (κ2) is 9.98. The average molecular weight is 537 g/mol. The van der Waals surface area contributed by atoms with Crippen molar-refractivity contribution in [2.75, 3.05) is 20.8 Å². The Hall–Kier alpha value is -2.95. The molecule has 1 saturated heterocycles. The summed E-state index contributed by atoms with van der Waals surface area (Å²) < 4.78 is 47.9. The summed E-state index contributed by atoms with van der Waals surface area (Å²) in [4.78, 5) is 17.5. The highest BCUT2D eigenvalue weighted by Crippen LogP contribution is 2.55. The summed E-state index contributed by atoms with van der Waals surface area (Å²) >= 11 is 0. The summed E-state index contributed by atoms with van der Waals surface area (Å²) in [7, 11) is 3.07. The Morgan fingerprint density at radius 2 is 1.76 bits per heavy atom. The molecule has 0 bridgehead atoms. The number of nitrogens with one attached hydrogen (secondary N) is 1. The van der Waals surface area contributed by atoms with Crippen molar-refractivity contribution in [2.24, 2.45) is 10.8 Å². The number of nitrogens with zero attached hydrogens (tertiary/aromatic N) is 3. The zero-order valence-electron chi connectivity index (χ0n) is 22.9. The molecular formula is C27H38F2N4O5. The van der Waals surface area contributed by atoms with Crippen LogP contribution in [0.3, 0.4) is 0 Å². The third-order valence-corrected chi connectivity index (χ3v) is 7.46. The summed E-state index contributed by atoms with van der Waals surface area (Å²) in [5.74, 6) is -3.02. The molecule has 2 fully saturated rings. The molecule has 4 rings (SSSR count). The van der Waals surface area contributed by atoms with E-state index in [1.807, 2.05) is 27.7 Å². The number of ether oxygens (including phenoxy) is 3. The number of benzene rings is 1. The largest absolute Gasteiger partial charge is 0.493 e. The second-order valence-electron chi connectivity index (χ2n) is 12.1. The van der Waals surface area contributed by atoms with Crippen LogP contribution in [-0.4, -0.2) is 63.4 Å². The number of methoxy groups -OCH3 is 2. The average Bonchev–Trinajstić information content (AvgIpc) is 3.49. The van der Waals surface area contributed by atoms with Gasteiger partial charge in [-0.3, -0.25) is 4.79 Å². The van der Waals surface area contributed by atoms with Crippen molar-refractivity contribution >= 4 is 5.91 Å². The minimum atomic E-state index is -3.94. The predicted octanol–water partition coefficient (Wildman–Crippen LogP) is 4.67. The Labute approximate surface area is 221 Å². The second-order valence-corrected chi connectivity index (χ2v) is 12.1. The van der Waals surface area contributed by atoms with Crippen molar-refractivity contribution in [3.05, 3.63) is 29.8 Å². The molecule has 0 radical (unpaired) electrons. The lowest BCUT2D eigenvalue weighted by Gasteiger charge is -2.51. The van der Waals surface area contributed by atoms with Gasteiger partial charge in [-0.2, -0.15) is 8.78 Å². The summed E-state index contributed by atoms with van der Waals surface area (Å²) in [5, 5.41) is 19.5. The minimum Gasteiger partial charge on any atom is -0.493 e. The maximum absolute atomic E-state index is 15.8. The minimum absolute atomic E-state index is 0.0449. The third-order valence-electron chi connectivity index (χ3n) is 7.46. The number of H-pyrrole nitrogens is 1. The van der Waals surface area contributed by atoms with Crippen LogP contribution >= 0.6 is 0 Å².